The summed E-state index contributed by atoms with van der Waals surface area (Å²) in [4.78, 5) is 51.6. The summed E-state index contributed by atoms with van der Waals surface area (Å²) in [5.74, 6) is -2.21. The van der Waals surface area contributed by atoms with E-state index in [1.54, 1.807) is 12.1 Å². The van der Waals surface area contributed by atoms with Gasteiger partial charge in [0.05, 0.1) is 31.7 Å². The van der Waals surface area contributed by atoms with E-state index in [1.165, 1.54) is 14.2 Å². The van der Waals surface area contributed by atoms with Crippen molar-refractivity contribution in [2.75, 3.05) is 32.7 Å². The van der Waals surface area contributed by atoms with E-state index in [4.69, 9.17) is 14.3 Å². The number of rotatable bonds is 8. The van der Waals surface area contributed by atoms with Gasteiger partial charge in [0.25, 0.3) is 5.91 Å². The number of ether oxygens (including phenoxy) is 2. The van der Waals surface area contributed by atoms with E-state index in [1.807, 2.05) is 95.9 Å². The molecule has 0 saturated carbocycles. The number of carbonyl (C=O) groups excluding carboxylic acids is 3. The zero-order valence-corrected chi connectivity index (χ0v) is 28.4. The third-order valence-electron chi connectivity index (χ3n) is 9.68. The average Bonchev–Trinajstić information content (AvgIpc) is 3.59. The van der Waals surface area contributed by atoms with Crippen LogP contribution >= 0.6 is 22.6 Å². The second-order valence-corrected chi connectivity index (χ2v) is 13.3. The lowest BCUT2D eigenvalue weighted by molar-refractivity contribution is -0.187. The summed E-state index contributed by atoms with van der Waals surface area (Å²) >= 11 is 2.20. The van der Waals surface area contributed by atoms with Gasteiger partial charge in [-0.05, 0) is 75.2 Å². The number of aliphatic hydroxyl groups excluding tert-OH is 1. The molecule has 11 heteroatoms. The molecule has 10 nitrogen and oxygen atoms in total. The predicted octanol–water partition coefficient (Wildman–Crippen LogP) is 4.95. The smallest absolute Gasteiger partial charge is 0.324 e. The molecule has 4 aromatic carbocycles. The van der Waals surface area contributed by atoms with Crippen LogP contribution in [0.1, 0.15) is 40.4 Å². The number of cyclic esters (lactones) is 1. The standard InChI is InChI=1S/C37H34IN3O7/c1-40(46-2)34(43)29-31-35(44)48-32(23-11-7-4-8-12-23)30(22-9-5-3-6-10-22)41(31)33(24-13-16-26(17-14-24)47-20-19-42)37(29)27-21-25(38)15-18-28(27)39-36(37)45/h3-18,21,29-33,42H,19-20H2,1-2H3,(H,39,45)/t29-,30-,31-,32+,33?,37-/m1/s1. The first kappa shape index (κ1) is 32.3. The van der Waals surface area contributed by atoms with Crippen LogP contribution in [0.5, 0.6) is 5.75 Å². The predicted molar refractivity (Wildman–Crippen MR) is 185 cm³/mol. The number of benzene rings is 4. The highest BCUT2D eigenvalue weighted by molar-refractivity contribution is 14.1. The Morgan fingerprint density at radius 1 is 0.938 bits per heavy atom. The molecule has 2 fully saturated rings. The first-order valence-corrected chi connectivity index (χ1v) is 16.7. The van der Waals surface area contributed by atoms with Crippen molar-refractivity contribution in [1.29, 1.82) is 0 Å². The highest BCUT2D eigenvalue weighted by atomic mass is 127. The van der Waals surface area contributed by atoms with E-state index < -0.39 is 53.3 Å². The summed E-state index contributed by atoms with van der Waals surface area (Å²) in [5.41, 5.74) is 1.98. The third kappa shape index (κ3) is 5.07. The highest BCUT2D eigenvalue weighted by Crippen LogP contribution is 2.65. The van der Waals surface area contributed by atoms with E-state index in [-0.39, 0.29) is 13.2 Å². The molecule has 246 valence electrons. The third-order valence-corrected chi connectivity index (χ3v) is 10.3. The zero-order chi connectivity index (χ0) is 33.6. The second kappa shape index (κ2) is 13.0. The average molecular weight is 760 g/mol. The fourth-order valence-corrected chi connectivity index (χ4v) is 8.23. The van der Waals surface area contributed by atoms with Crippen LogP contribution in [-0.2, 0) is 29.4 Å². The zero-order valence-electron chi connectivity index (χ0n) is 26.3. The van der Waals surface area contributed by atoms with E-state index in [0.29, 0.717) is 22.6 Å². The molecule has 0 radical (unpaired) electrons. The van der Waals surface area contributed by atoms with Crippen molar-refractivity contribution in [3.05, 3.63) is 129 Å². The summed E-state index contributed by atoms with van der Waals surface area (Å²) in [7, 11) is 2.86. The minimum absolute atomic E-state index is 0.121. The fourth-order valence-electron chi connectivity index (χ4n) is 7.74. The molecule has 48 heavy (non-hydrogen) atoms. The van der Waals surface area contributed by atoms with Crippen LogP contribution in [-0.4, -0.2) is 66.3 Å². The van der Waals surface area contributed by atoms with Crippen LogP contribution in [0, 0.1) is 9.49 Å². The summed E-state index contributed by atoms with van der Waals surface area (Å²) in [5, 5.41) is 13.5. The maximum absolute atomic E-state index is 14.9. The van der Waals surface area contributed by atoms with Crippen LogP contribution < -0.4 is 10.1 Å². The maximum atomic E-state index is 14.9. The molecule has 1 unspecified atom stereocenters. The monoisotopic (exact) mass is 759 g/mol. The number of carbonyl (C=O) groups is 3. The first-order valence-electron chi connectivity index (χ1n) is 15.7. The fraction of sp³-hybridized carbons (Fsp3) is 0.270. The number of hydrogen-bond donors (Lipinski definition) is 2. The van der Waals surface area contributed by atoms with Crippen molar-refractivity contribution in [2.45, 2.75) is 29.6 Å². The summed E-state index contributed by atoms with van der Waals surface area (Å²) in [6, 6.07) is 29.6. The van der Waals surface area contributed by atoms with Gasteiger partial charge >= 0.3 is 5.97 Å². The van der Waals surface area contributed by atoms with Gasteiger partial charge in [-0.3, -0.25) is 24.1 Å². The summed E-state index contributed by atoms with van der Waals surface area (Å²) < 4.78 is 12.9. The molecule has 3 aliphatic heterocycles. The molecule has 0 aromatic heterocycles. The van der Waals surface area contributed by atoms with Crippen molar-refractivity contribution in [2.24, 2.45) is 5.92 Å². The van der Waals surface area contributed by atoms with E-state index in [2.05, 4.69) is 27.9 Å². The number of halogens is 1. The number of nitrogens with zero attached hydrogens (tertiary/aromatic N) is 2. The molecule has 3 aliphatic rings. The van der Waals surface area contributed by atoms with Gasteiger partial charge in [-0.2, -0.15) is 0 Å². The van der Waals surface area contributed by atoms with Crippen LogP contribution in [0.2, 0.25) is 0 Å². The lowest BCUT2D eigenvalue weighted by atomic mass is 9.65. The van der Waals surface area contributed by atoms with Gasteiger partial charge in [0.1, 0.15) is 29.9 Å². The van der Waals surface area contributed by atoms with Crippen molar-refractivity contribution in [3.63, 3.8) is 0 Å². The summed E-state index contributed by atoms with van der Waals surface area (Å²) in [6.45, 7) is -0.0210. The van der Waals surface area contributed by atoms with E-state index in [9.17, 15) is 19.5 Å². The molecule has 2 amide bonds. The number of amides is 2. The van der Waals surface area contributed by atoms with Gasteiger partial charge in [0.15, 0.2) is 0 Å². The quantitative estimate of drug-likeness (QED) is 0.147. The van der Waals surface area contributed by atoms with Crippen molar-refractivity contribution >= 4 is 46.1 Å². The molecule has 1 spiro atoms. The van der Waals surface area contributed by atoms with Gasteiger partial charge < -0.3 is 19.9 Å². The van der Waals surface area contributed by atoms with E-state index in [0.717, 1.165) is 19.8 Å². The molecule has 0 aliphatic carbocycles. The lowest BCUT2D eigenvalue weighted by Crippen LogP contribution is -2.54. The Morgan fingerprint density at radius 2 is 1.60 bits per heavy atom. The Balaban J connectivity index is 1.55. The van der Waals surface area contributed by atoms with Crippen LogP contribution in [0.25, 0.3) is 0 Å². The number of esters is 1. The van der Waals surface area contributed by atoms with Crippen molar-refractivity contribution in [3.8, 4) is 5.75 Å². The largest absolute Gasteiger partial charge is 0.491 e. The highest BCUT2D eigenvalue weighted by Gasteiger charge is 2.74. The number of anilines is 1. The summed E-state index contributed by atoms with van der Waals surface area (Å²) in [6.07, 6.45) is -0.752. The van der Waals surface area contributed by atoms with Crippen molar-refractivity contribution < 1.29 is 33.8 Å². The second-order valence-electron chi connectivity index (χ2n) is 12.1. The number of hydrogen-bond acceptors (Lipinski definition) is 8. The Hall–Kier alpha value is -4.30. The van der Waals surface area contributed by atoms with Crippen molar-refractivity contribution in [1.82, 2.24) is 9.96 Å². The molecule has 2 saturated heterocycles. The Bertz CT molecular complexity index is 1840. The van der Waals surface area contributed by atoms with Gasteiger partial charge in [-0.1, -0.05) is 72.8 Å². The number of aliphatic hydroxyl groups is 1. The first-order chi connectivity index (χ1) is 23.3. The van der Waals surface area contributed by atoms with Gasteiger partial charge in [0, 0.05) is 16.3 Å². The minimum atomic E-state index is -1.57. The van der Waals surface area contributed by atoms with Crippen LogP contribution in [0.4, 0.5) is 5.69 Å². The minimum Gasteiger partial charge on any atom is -0.491 e. The molecular weight excluding hydrogens is 725 g/mol. The molecule has 7 rings (SSSR count). The molecule has 4 aromatic rings. The number of nitrogens with one attached hydrogen (secondary N) is 1. The number of fused-ring (bicyclic) bond motifs is 3. The molecule has 2 N–H and O–H groups in total. The van der Waals surface area contributed by atoms with Gasteiger partial charge in [-0.15, -0.1) is 0 Å². The molecule has 0 bridgehead atoms. The van der Waals surface area contributed by atoms with Crippen LogP contribution in [0.3, 0.4) is 0 Å². The topological polar surface area (TPSA) is 118 Å². The van der Waals surface area contributed by atoms with Crippen LogP contribution in [0.15, 0.2) is 103 Å². The van der Waals surface area contributed by atoms with E-state index >= 15 is 0 Å². The Kier molecular flexibility index (Phi) is 8.71. The Morgan fingerprint density at radius 3 is 2.25 bits per heavy atom. The van der Waals surface area contributed by atoms with Gasteiger partial charge in [-0.25, -0.2) is 5.06 Å². The van der Waals surface area contributed by atoms with Gasteiger partial charge in [0.2, 0.25) is 5.91 Å². The number of hydroxylamine groups is 2. The normalized spacial score (nSPS) is 26.0. The number of morpholine rings is 1. The maximum Gasteiger partial charge on any atom is 0.324 e. The molecule has 6 atom stereocenters. The molecule has 3 heterocycles. The molecular formula is C37H34IN3O7. The lowest BCUT2D eigenvalue weighted by Gasteiger charge is -2.46. The Labute approximate surface area is 291 Å². The SMILES string of the molecule is CON(C)C(=O)[C@H]1[C@@H]2C(=O)O[C@@H](c3ccccc3)[C@@H](c3ccccc3)N2C(c2ccc(OCCO)cc2)[C@]12C(=O)Nc1ccc(I)cc12.